The van der Waals surface area contributed by atoms with E-state index in [1.807, 2.05) is 7.11 Å². The minimum Gasteiger partial charge on any atom is -0.381 e. The van der Waals surface area contributed by atoms with E-state index in [4.69, 9.17) is 4.74 Å². The number of rotatable bonds is 3. The second-order valence-corrected chi connectivity index (χ2v) is 7.11. The Morgan fingerprint density at radius 2 is 2.00 bits per heavy atom. The first-order valence-corrected chi connectivity index (χ1v) is 7.37. The minimum absolute atomic E-state index is 0.279. The van der Waals surface area contributed by atoms with Gasteiger partial charge in [-0.3, -0.25) is 4.90 Å². The molecule has 0 amide bonds. The maximum absolute atomic E-state index is 5.59. The van der Waals surface area contributed by atoms with E-state index in [0.717, 1.165) is 13.1 Å². The second kappa shape index (κ2) is 4.77. The number of methoxy groups -OCH3 is 1. The van der Waals surface area contributed by atoms with Crippen LogP contribution in [0.3, 0.4) is 0 Å². The molecule has 0 bridgehead atoms. The van der Waals surface area contributed by atoms with Crippen molar-refractivity contribution in [2.75, 3.05) is 20.2 Å². The predicted molar refractivity (Wildman–Crippen MR) is 75.8 cm³/mol. The molecule has 2 aliphatic rings. The fourth-order valence-electron chi connectivity index (χ4n) is 3.61. The number of nitrogens with one attached hydrogen (secondary N) is 1. The summed E-state index contributed by atoms with van der Waals surface area (Å²) in [5, 5.41) is 3.71. The van der Waals surface area contributed by atoms with Gasteiger partial charge in [0.2, 0.25) is 0 Å². The molecule has 0 spiro atoms. The van der Waals surface area contributed by atoms with E-state index in [0.29, 0.717) is 18.2 Å². The number of piperazine rings is 1. The van der Waals surface area contributed by atoms with Crippen molar-refractivity contribution in [1.82, 2.24) is 10.2 Å². The van der Waals surface area contributed by atoms with Crippen LogP contribution >= 0.6 is 0 Å². The first kappa shape index (κ1) is 14.3. The van der Waals surface area contributed by atoms with Crippen molar-refractivity contribution in [1.29, 1.82) is 0 Å². The van der Waals surface area contributed by atoms with Gasteiger partial charge in [0.15, 0.2) is 0 Å². The maximum Gasteiger partial charge on any atom is 0.0652 e. The molecule has 0 aromatic carbocycles. The summed E-state index contributed by atoms with van der Waals surface area (Å²) in [5.41, 5.74) is 0.565. The van der Waals surface area contributed by atoms with E-state index in [1.165, 1.54) is 12.8 Å². The molecule has 4 unspecified atom stereocenters. The highest BCUT2D eigenvalue weighted by Gasteiger charge is 2.53. The van der Waals surface area contributed by atoms with Gasteiger partial charge in [0.25, 0.3) is 0 Å². The highest BCUT2D eigenvalue weighted by atomic mass is 16.5. The van der Waals surface area contributed by atoms with Crippen molar-refractivity contribution in [2.45, 2.75) is 71.2 Å². The number of hydrogen-bond acceptors (Lipinski definition) is 3. The molecule has 1 N–H and O–H groups in total. The van der Waals surface area contributed by atoms with Crippen molar-refractivity contribution in [2.24, 2.45) is 5.41 Å². The Bertz CT molecular complexity index is 305. The Hall–Kier alpha value is -0.120. The van der Waals surface area contributed by atoms with E-state index >= 15 is 0 Å². The lowest BCUT2D eigenvalue weighted by Gasteiger charge is -2.60. The van der Waals surface area contributed by atoms with Gasteiger partial charge < -0.3 is 10.1 Å². The van der Waals surface area contributed by atoms with Crippen LogP contribution in [0.15, 0.2) is 0 Å². The topological polar surface area (TPSA) is 24.5 Å². The molecule has 18 heavy (non-hydrogen) atoms. The highest BCUT2D eigenvalue weighted by molar-refractivity contribution is 5.07. The zero-order valence-corrected chi connectivity index (χ0v) is 12.9. The summed E-state index contributed by atoms with van der Waals surface area (Å²) in [7, 11) is 1.85. The first-order chi connectivity index (χ1) is 8.34. The lowest BCUT2D eigenvalue weighted by Crippen LogP contribution is -2.71. The van der Waals surface area contributed by atoms with Gasteiger partial charge in [-0.15, -0.1) is 0 Å². The summed E-state index contributed by atoms with van der Waals surface area (Å²) in [6, 6.07) is 1.30. The van der Waals surface area contributed by atoms with E-state index in [9.17, 15) is 0 Å². The average Bonchev–Trinajstić information content (AvgIpc) is 2.33. The number of ether oxygens (including phenoxy) is 1. The second-order valence-electron chi connectivity index (χ2n) is 7.11. The minimum atomic E-state index is 0.279. The zero-order valence-electron chi connectivity index (χ0n) is 12.9. The average molecular weight is 254 g/mol. The van der Waals surface area contributed by atoms with Gasteiger partial charge >= 0.3 is 0 Å². The maximum atomic E-state index is 5.59. The quantitative estimate of drug-likeness (QED) is 0.836. The normalized spacial score (nSPS) is 44.7. The van der Waals surface area contributed by atoms with Gasteiger partial charge in [-0.1, -0.05) is 20.8 Å². The van der Waals surface area contributed by atoms with Crippen LogP contribution in [0.5, 0.6) is 0 Å². The third kappa shape index (κ3) is 2.21. The molecule has 0 radical (unpaired) electrons. The SMILES string of the molecule is CCC1(C)CN(C2CC(OC)C2(C)C)C(C)CN1. The zero-order chi connectivity index (χ0) is 13.6. The molecule has 1 saturated heterocycles. The van der Waals surface area contributed by atoms with E-state index in [2.05, 4.69) is 44.8 Å². The largest absolute Gasteiger partial charge is 0.381 e. The standard InChI is InChI=1S/C15H30N2O/c1-7-15(5)10-17(11(2)9-16-15)12-8-13(18-6)14(12,3)4/h11-13,16H,7-10H2,1-6H3. The summed E-state index contributed by atoms with van der Waals surface area (Å²) in [6.07, 6.45) is 2.81. The third-order valence-electron chi connectivity index (χ3n) is 5.51. The Morgan fingerprint density at radius 1 is 1.33 bits per heavy atom. The number of hydrogen-bond donors (Lipinski definition) is 1. The summed E-state index contributed by atoms with van der Waals surface area (Å²) in [6.45, 7) is 14.0. The molecule has 1 heterocycles. The molecule has 3 heteroatoms. The van der Waals surface area contributed by atoms with E-state index in [-0.39, 0.29) is 11.0 Å². The van der Waals surface area contributed by atoms with Crippen LogP contribution in [-0.2, 0) is 4.74 Å². The Balaban J connectivity index is 2.08. The van der Waals surface area contributed by atoms with Crippen LogP contribution in [-0.4, -0.2) is 48.8 Å². The Labute approximate surface area is 112 Å². The van der Waals surface area contributed by atoms with Gasteiger partial charge in [-0.2, -0.15) is 0 Å². The molecule has 0 aromatic heterocycles. The third-order valence-corrected chi connectivity index (χ3v) is 5.51. The molecular weight excluding hydrogens is 224 g/mol. The molecule has 0 aromatic rings. The van der Waals surface area contributed by atoms with Crippen molar-refractivity contribution in [3.63, 3.8) is 0 Å². The predicted octanol–water partition coefficient (Wildman–Crippen LogP) is 2.26. The molecule has 1 aliphatic carbocycles. The monoisotopic (exact) mass is 254 g/mol. The highest BCUT2D eigenvalue weighted by Crippen LogP contribution is 2.47. The molecule has 3 nitrogen and oxygen atoms in total. The number of nitrogens with zero attached hydrogens (tertiary/aromatic N) is 1. The fourth-order valence-corrected chi connectivity index (χ4v) is 3.61. The van der Waals surface area contributed by atoms with Crippen LogP contribution < -0.4 is 5.32 Å². The summed E-state index contributed by atoms with van der Waals surface area (Å²) >= 11 is 0. The van der Waals surface area contributed by atoms with E-state index < -0.39 is 0 Å². The molecular formula is C15H30N2O. The van der Waals surface area contributed by atoms with Gasteiger partial charge in [0.05, 0.1) is 6.10 Å². The molecule has 1 saturated carbocycles. The summed E-state index contributed by atoms with van der Waals surface area (Å²) in [5.74, 6) is 0. The molecule has 2 rings (SSSR count). The van der Waals surface area contributed by atoms with Crippen molar-refractivity contribution in [3.05, 3.63) is 0 Å². The van der Waals surface area contributed by atoms with Crippen molar-refractivity contribution in [3.8, 4) is 0 Å². The molecule has 1 aliphatic heterocycles. The van der Waals surface area contributed by atoms with Crippen molar-refractivity contribution >= 4 is 0 Å². The summed E-state index contributed by atoms with van der Waals surface area (Å²) < 4.78 is 5.59. The summed E-state index contributed by atoms with van der Waals surface area (Å²) in [4.78, 5) is 2.72. The Kier molecular flexibility index (Phi) is 3.79. The van der Waals surface area contributed by atoms with Gasteiger partial charge in [0.1, 0.15) is 0 Å². The first-order valence-electron chi connectivity index (χ1n) is 7.37. The van der Waals surface area contributed by atoms with Crippen molar-refractivity contribution < 1.29 is 4.74 Å². The molecule has 106 valence electrons. The van der Waals surface area contributed by atoms with Crippen LogP contribution in [0, 0.1) is 5.41 Å². The van der Waals surface area contributed by atoms with Crippen LogP contribution in [0.2, 0.25) is 0 Å². The lowest BCUT2D eigenvalue weighted by atomic mass is 9.63. The van der Waals surface area contributed by atoms with Crippen LogP contribution in [0.25, 0.3) is 0 Å². The Morgan fingerprint density at radius 3 is 2.50 bits per heavy atom. The lowest BCUT2D eigenvalue weighted by molar-refractivity contribution is -0.155. The van der Waals surface area contributed by atoms with Gasteiger partial charge in [0, 0.05) is 43.2 Å². The van der Waals surface area contributed by atoms with Crippen LogP contribution in [0.1, 0.15) is 47.5 Å². The molecule has 2 fully saturated rings. The fraction of sp³-hybridized carbons (Fsp3) is 1.00. The molecule has 4 atom stereocenters. The van der Waals surface area contributed by atoms with Crippen LogP contribution in [0.4, 0.5) is 0 Å². The van der Waals surface area contributed by atoms with Gasteiger partial charge in [-0.05, 0) is 26.7 Å². The smallest absolute Gasteiger partial charge is 0.0652 e. The van der Waals surface area contributed by atoms with Gasteiger partial charge in [-0.25, -0.2) is 0 Å². The van der Waals surface area contributed by atoms with E-state index in [1.54, 1.807) is 0 Å².